The summed E-state index contributed by atoms with van der Waals surface area (Å²) in [4.78, 5) is 14.0. The molecule has 1 aliphatic rings. The van der Waals surface area contributed by atoms with Crippen LogP contribution in [0.5, 0.6) is 0 Å². The first kappa shape index (κ1) is 16.3. The normalized spacial score (nSPS) is 16.7. The van der Waals surface area contributed by atoms with Crippen LogP contribution in [0, 0.1) is 0 Å². The molecule has 0 aliphatic heterocycles. The SMILES string of the molecule is CN(C(=O)CS(=O)(=O)c1ccc(Cl)cc1)C1CCCCC1. The second-order valence-corrected chi connectivity index (χ2v) is 7.94. The number of carbonyl (C=O) groups excluding carboxylic acids is 1. The molecule has 0 heterocycles. The lowest BCUT2D eigenvalue weighted by molar-refractivity contribution is -0.129. The summed E-state index contributed by atoms with van der Waals surface area (Å²) < 4.78 is 24.5. The fourth-order valence-electron chi connectivity index (χ4n) is 2.66. The summed E-state index contributed by atoms with van der Waals surface area (Å²) in [6.07, 6.45) is 5.33. The third-order valence-corrected chi connectivity index (χ3v) is 5.87. The molecule has 0 radical (unpaired) electrons. The molecule has 0 atom stereocenters. The molecule has 116 valence electrons. The van der Waals surface area contributed by atoms with Crippen LogP contribution in [0.15, 0.2) is 29.2 Å². The van der Waals surface area contributed by atoms with Gasteiger partial charge in [0.25, 0.3) is 0 Å². The summed E-state index contributed by atoms with van der Waals surface area (Å²) in [7, 11) is -1.91. The highest BCUT2D eigenvalue weighted by molar-refractivity contribution is 7.92. The molecule has 0 aromatic heterocycles. The first-order valence-electron chi connectivity index (χ1n) is 7.14. The molecule has 6 heteroatoms. The minimum Gasteiger partial charge on any atom is -0.342 e. The molecule has 1 fully saturated rings. The molecule has 1 aromatic rings. The monoisotopic (exact) mass is 329 g/mol. The van der Waals surface area contributed by atoms with E-state index in [1.165, 1.54) is 30.7 Å². The van der Waals surface area contributed by atoms with Crippen LogP contribution in [-0.4, -0.2) is 38.1 Å². The van der Waals surface area contributed by atoms with E-state index >= 15 is 0 Å². The number of hydrogen-bond donors (Lipinski definition) is 0. The standard InChI is InChI=1S/C15H20ClNO3S/c1-17(13-5-3-2-4-6-13)15(18)11-21(19,20)14-9-7-12(16)8-10-14/h7-10,13H,2-6,11H2,1H3. The van der Waals surface area contributed by atoms with Crippen LogP contribution < -0.4 is 0 Å². The Kier molecular flexibility index (Phi) is 5.27. The van der Waals surface area contributed by atoms with Crippen molar-refractivity contribution in [2.75, 3.05) is 12.8 Å². The van der Waals surface area contributed by atoms with Gasteiger partial charge in [-0.1, -0.05) is 30.9 Å². The van der Waals surface area contributed by atoms with Crippen molar-refractivity contribution in [1.29, 1.82) is 0 Å². The smallest absolute Gasteiger partial charge is 0.238 e. The minimum atomic E-state index is -3.61. The average molecular weight is 330 g/mol. The van der Waals surface area contributed by atoms with Gasteiger partial charge in [0.15, 0.2) is 9.84 Å². The molecular formula is C15H20ClNO3S. The molecule has 0 spiro atoms. The Hall–Kier alpha value is -1.07. The summed E-state index contributed by atoms with van der Waals surface area (Å²) >= 11 is 5.75. The average Bonchev–Trinajstić information content (AvgIpc) is 2.47. The number of rotatable bonds is 4. The second kappa shape index (κ2) is 6.79. The first-order chi connectivity index (χ1) is 9.90. The Labute approximate surface area is 131 Å². The summed E-state index contributed by atoms with van der Waals surface area (Å²) in [6, 6.07) is 6.08. The van der Waals surface area contributed by atoms with Crippen molar-refractivity contribution < 1.29 is 13.2 Å². The van der Waals surface area contributed by atoms with Gasteiger partial charge in [-0.05, 0) is 37.1 Å². The van der Waals surface area contributed by atoms with Crippen LogP contribution in [-0.2, 0) is 14.6 Å². The Balaban J connectivity index is 2.05. The molecule has 0 bridgehead atoms. The van der Waals surface area contributed by atoms with Gasteiger partial charge < -0.3 is 4.90 Å². The minimum absolute atomic E-state index is 0.136. The zero-order chi connectivity index (χ0) is 15.5. The van der Waals surface area contributed by atoms with E-state index in [1.54, 1.807) is 11.9 Å². The van der Waals surface area contributed by atoms with Gasteiger partial charge in [0.1, 0.15) is 5.75 Å². The Morgan fingerprint density at radius 2 is 1.76 bits per heavy atom. The van der Waals surface area contributed by atoms with Crippen molar-refractivity contribution in [2.45, 2.75) is 43.0 Å². The molecule has 2 rings (SSSR count). The number of amides is 1. The van der Waals surface area contributed by atoms with Crippen molar-refractivity contribution in [3.8, 4) is 0 Å². The van der Waals surface area contributed by atoms with Gasteiger partial charge >= 0.3 is 0 Å². The Morgan fingerprint density at radius 1 is 1.19 bits per heavy atom. The molecule has 21 heavy (non-hydrogen) atoms. The molecule has 0 unspecified atom stereocenters. The largest absolute Gasteiger partial charge is 0.342 e. The lowest BCUT2D eigenvalue weighted by atomic mass is 9.94. The number of sulfone groups is 1. The van der Waals surface area contributed by atoms with Crippen LogP contribution >= 0.6 is 11.6 Å². The predicted molar refractivity (Wildman–Crippen MR) is 83.1 cm³/mol. The van der Waals surface area contributed by atoms with E-state index in [1.807, 2.05) is 0 Å². The van der Waals surface area contributed by atoms with E-state index in [-0.39, 0.29) is 16.8 Å². The zero-order valence-electron chi connectivity index (χ0n) is 12.1. The van der Waals surface area contributed by atoms with E-state index in [2.05, 4.69) is 0 Å². The van der Waals surface area contributed by atoms with E-state index in [4.69, 9.17) is 11.6 Å². The molecular weight excluding hydrogens is 310 g/mol. The van der Waals surface area contributed by atoms with Crippen LogP contribution in [0.25, 0.3) is 0 Å². The van der Waals surface area contributed by atoms with Gasteiger partial charge in [-0.2, -0.15) is 0 Å². The highest BCUT2D eigenvalue weighted by atomic mass is 35.5. The van der Waals surface area contributed by atoms with Crippen molar-refractivity contribution in [3.05, 3.63) is 29.3 Å². The molecule has 1 saturated carbocycles. The number of nitrogens with zero attached hydrogens (tertiary/aromatic N) is 1. The number of halogens is 1. The zero-order valence-corrected chi connectivity index (χ0v) is 13.7. The van der Waals surface area contributed by atoms with E-state index in [0.717, 1.165) is 25.7 Å². The van der Waals surface area contributed by atoms with Crippen LogP contribution in [0.1, 0.15) is 32.1 Å². The maximum Gasteiger partial charge on any atom is 0.238 e. The van der Waals surface area contributed by atoms with E-state index in [9.17, 15) is 13.2 Å². The lowest BCUT2D eigenvalue weighted by Gasteiger charge is -2.31. The number of benzene rings is 1. The fraction of sp³-hybridized carbons (Fsp3) is 0.533. The molecule has 1 aliphatic carbocycles. The summed E-state index contributed by atoms with van der Waals surface area (Å²) in [5.74, 6) is -0.821. The Bertz CT molecular complexity index is 592. The van der Waals surface area contributed by atoms with E-state index in [0.29, 0.717) is 5.02 Å². The van der Waals surface area contributed by atoms with Gasteiger partial charge in [-0.15, -0.1) is 0 Å². The number of hydrogen-bond acceptors (Lipinski definition) is 3. The van der Waals surface area contributed by atoms with Gasteiger partial charge in [0, 0.05) is 18.1 Å². The van der Waals surface area contributed by atoms with Crippen molar-refractivity contribution in [3.63, 3.8) is 0 Å². The van der Waals surface area contributed by atoms with Crippen molar-refractivity contribution in [2.24, 2.45) is 0 Å². The first-order valence-corrected chi connectivity index (χ1v) is 9.17. The van der Waals surface area contributed by atoms with Crippen LogP contribution in [0.4, 0.5) is 0 Å². The highest BCUT2D eigenvalue weighted by Gasteiger charge is 2.26. The topological polar surface area (TPSA) is 54.5 Å². The highest BCUT2D eigenvalue weighted by Crippen LogP contribution is 2.22. The van der Waals surface area contributed by atoms with Gasteiger partial charge in [-0.3, -0.25) is 4.79 Å². The van der Waals surface area contributed by atoms with Gasteiger partial charge in [0.2, 0.25) is 5.91 Å². The quantitative estimate of drug-likeness (QED) is 0.853. The van der Waals surface area contributed by atoms with Crippen molar-refractivity contribution >= 4 is 27.3 Å². The fourth-order valence-corrected chi connectivity index (χ4v) is 4.03. The van der Waals surface area contributed by atoms with Crippen LogP contribution in [0.2, 0.25) is 5.02 Å². The summed E-state index contributed by atoms with van der Waals surface area (Å²) in [5, 5.41) is 0.472. The van der Waals surface area contributed by atoms with Crippen LogP contribution in [0.3, 0.4) is 0 Å². The number of carbonyl (C=O) groups is 1. The molecule has 0 saturated heterocycles. The summed E-state index contributed by atoms with van der Waals surface area (Å²) in [5.41, 5.74) is 0. The maximum absolute atomic E-state index is 12.3. The third kappa shape index (κ3) is 4.20. The molecule has 4 nitrogen and oxygen atoms in total. The third-order valence-electron chi connectivity index (χ3n) is 4.00. The van der Waals surface area contributed by atoms with Gasteiger partial charge in [0.05, 0.1) is 4.90 Å². The Morgan fingerprint density at radius 3 is 2.33 bits per heavy atom. The molecule has 0 N–H and O–H groups in total. The molecule has 1 aromatic carbocycles. The van der Waals surface area contributed by atoms with Crippen molar-refractivity contribution in [1.82, 2.24) is 4.90 Å². The lowest BCUT2D eigenvalue weighted by Crippen LogP contribution is -2.41. The summed E-state index contributed by atoms with van der Waals surface area (Å²) in [6.45, 7) is 0. The maximum atomic E-state index is 12.3. The van der Waals surface area contributed by atoms with E-state index < -0.39 is 15.6 Å². The predicted octanol–water partition coefficient (Wildman–Crippen LogP) is 2.90. The second-order valence-electron chi connectivity index (χ2n) is 5.51. The molecule has 1 amide bonds. The van der Waals surface area contributed by atoms with Gasteiger partial charge in [-0.25, -0.2) is 8.42 Å².